The first kappa shape index (κ1) is 17.2. The predicted octanol–water partition coefficient (Wildman–Crippen LogP) is 1.15. The van der Waals surface area contributed by atoms with E-state index in [0.717, 1.165) is 0 Å². The minimum absolute atomic E-state index is 0. The molecule has 1 aromatic carbocycles. The van der Waals surface area contributed by atoms with Crippen molar-refractivity contribution in [1.82, 2.24) is 4.72 Å². The molecule has 0 aliphatic rings. The van der Waals surface area contributed by atoms with Crippen molar-refractivity contribution in [2.24, 2.45) is 5.73 Å². The number of halogens is 4. The van der Waals surface area contributed by atoms with Crippen molar-refractivity contribution in [3.8, 4) is 0 Å². The minimum atomic E-state index is -4.40. The van der Waals surface area contributed by atoms with Gasteiger partial charge in [-0.15, -0.1) is 12.4 Å². The van der Waals surface area contributed by atoms with E-state index in [1.54, 1.807) is 0 Å². The van der Waals surface area contributed by atoms with Crippen molar-refractivity contribution >= 4 is 22.4 Å². The molecule has 1 rings (SSSR count). The Morgan fingerprint density at radius 1 is 1.28 bits per heavy atom. The molecule has 0 saturated carbocycles. The van der Waals surface area contributed by atoms with Crippen molar-refractivity contribution in [3.63, 3.8) is 0 Å². The molecule has 3 N–H and O–H groups in total. The molecule has 0 unspecified atom stereocenters. The van der Waals surface area contributed by atoms with E-state index in [-0.39, 0.29) is 19.0 Å². The number of benzene rings is 1. The number of sulfonamides is 1. The van der Waals surface area contributed by atoms with Gasteiger partial charge in [0, 0.05) is 24.7 Å². The molecule has 0 aromatic heterocycles. The summed E-state index contributed by atoms with van der Waals surface area (Å²) in [7, 11) is -4.40. The van der Waals surface area contributed by atoms with Crippen LogP contribution in [0.3, 0.4) is 0 Å². The fourth-order valence-electron chi connectivity index (χ4n) is 1.16. The number of hydrogen-bond donors (Lipinski definition) is 2. The molecule has 18 heavy (non-hydrogen) atoms. The third-order valence-corrected chi connectivity index (χ3v) is 3.58. The van der Waals surface area contributed by atoms with E-state index in [1.807, 2.05) is 4.72 Å². The predicted molar refractivity (Wildman–Crippen MR) is 62.4 cm³/mol. The van der Waals surface area contributed by atoms with Crippen molar-refractivity contribution in [1.29, 1.82) is 0 Å². The second kappa shape index (κ2) is 6.37. The van der Waals surface area contributed by atoms with E-state index >= 15 is 0 Å². The lowest BCUT2D eigenvalue weighted by atomic mass is 10.3. The number of rotatable bonds is 4. The first-order chi connectivity index (χ1) is 7.77. The summed E-state index contributed by atoms with van der Waals surface area (Å²) in [5, 5.41) is 0. The minimum Gasteiger partial charge on any atom is -0.329 e. The summed E-state index contributed by atoms with van der Waals surface area (Å²) in [6, 6.07) is -0.0981. The molecule has 0 aliphatic heterocycles. The van der Waals surface area contributed by atoms with Gasteiger partial charge in [0.25, 0.3) is 0 Å². The highest BCUT2D eigenvalue weighted by Gasteiger charge is 2.26. The largest absolute Gasteiger partial charge is 0.329 e. The maximum Gasteiger partial charge on any atom is 0.246 e. The van der Waals surface area contributed by atoms with Crippen LogP contribution >= 0.6 is 12.4 Å². The zero-order valence-electron chi connectivity index (χ0n) is 9.28. The van der Waals surface area contributed by atoms with Gasteiger partial charge in [0.15, 0.2) is 4.90 Å². The Labute approximate surface area is 109 Å². The molecule has 0 radical (unpaired) electrons. The second-order valence-electron chi connectivity index (χ2n) is 3.46. The summed E-state index contributed by atoms with van der Waals surface area (Å²) in [5.41, 5.74) is 5.18. The number of nitrogens with two attached hydrogens (primary N) is 1. The smallest absolute Gasteiger partial charge is 0.246 e. The van der Waals surface area contributed by atoms with Crippen LogP contribution in [-0.4, -0.2) is 21.0 Å². The van der Waals surface area contributed by atoms with Crippen LogP contribution in [0.1, 0.15) is 6.92 Å². The topological polar surface area (TPSA) is 72.2 Å². The lowest BCUT2D eigenvalue weighted by Gasteiger charge is -2.13. The van der Waals surface area contributed by atoms with Gasteiger partial charge in [-0.1, -0.05) is 0 Å². The van der Waals surface area contributed by atoms with Gasteiger partial charge in [-0.05, 0) is 6.92 Å². The van der Waals surface area contributed by atoms with E-state index in [9.17, 15) is 21.6 Å². The van der Waals surface area contributed by atoms with E-state index in [4.69, 9.17) is 5.73 Å². The molecule has 0 fully saturated rings. The highest BCUT2D eigenvalue weighted by Crippen LogP contribution is 2.20. The SMILES string of the molecule is C[C@@H](CN)NS(=O)(=O)c1c(F)cc(F)cc1F.Cl. The molecule has 1 atom stereocenters. The molecule has 0 amide bonds. The normalized spacial score (nSPS) is 12.9. The number of nitrogens with one attached hydrogen (secondary N) is 1. The highest BCUT2D eigenvalue weighted by atomic mass is 35.5. The average molecular weight is 305 g/mol. The molecular weight excluding hydrogens is 293 g/mol. The van der Waals surface area contributed by atoms with Crippen LogP contribution in [0.25, 0.3) is 0 Å². The Morgan fingerprint density at radius 3 is 2.11 bits per heavy atom. The van der Waals surface area contributed by atoms with E-state index in [0.29, 0.717) is 12.1 Å². The molecule has 1 aromatic rings. The van der Waals surface area contributed by atoms with Crippen molar-refractivity contribution in [3.05, 3.63) is 29.6 Å². The summed E-state index contributed by atoms with van der Waals surface area (Å²) in [6.45, 7) is 1.39. The van der Waals surface area contributed by atoms with Gasteiger partial charge in [-0.3, -0.25) is 0 Å². The lowest BCUT2D eigenvalue weighted by Crippen LogP contribution is -2.38. The molecule has 9 heteroatoms. The summed E-state index contributed by atoms with van der Waals surface area (Å²) in [4.78, 5) is -1.21. The average Bonchev–Trinajstić information content (AvgIpc) is 2.14. The molecular formula is C9H12ClF3N2O2S. The zero-order valence-corrected chi connectivity index (χ0v) is 10.9. The third-order valence-electron chi connectivity index (χ3n) is 1.94. The van der Waals surface area contributed by atoms with Crippen LogP contribution in [0.15, 0.2) is 17.0 Å². The van der Waals surface area contributed by atoms with Gasteiger partial charge in [0.05, 0.1) is 0 Å². The molecule has 0 heterocycles. The molecule has 0 saturated heterocycles. The molecule has 0 spiro atoms. The standard InChI is InChI=1S/C9H11F3N2O2S.ClH/c1-5(4-13)14-17(15,16)9-7(11)2-6(10)3-8(9)12;/h2-3,5,14H,4,13H2,1H3;1H/t5-;/m0./s1. The van der Waals surface area contributed by atoms with Gasteiger partial charge in [0.2, 0.25) is 10.0 Å². The van der Waals surface area contributed by atoms with Gasteiger partial charge in [-0.2, -0.15) is 0 Å². The molecule has 0 aliphatic carbocycles. The van der Waals surface area contributed by atoms with Gasteiger partial charge >= 0.3 is 0 Å². The molecule has 0 bridgehead atoms. The monoisotopic (exact) mass is 304 g/mol. The second-order valence-corrected chi connectivity index (χ2v) is 5.11. The lowest BCUT2D eigenvalue weighted by molar-refractivity contribution is 0.490. The van der Waals surface area contributed by atoms with E-state index < -0.39 is 38.4 Å². The third kappa shape index (κ3) is 3.84. The quantitative estimate of drug-likeness (QED) is 0.876. The van der Waals surface area contributed by atoms with Crippen molar-refractivity contribution < 1.29 is 21.6 Å². The van der Waals surface area contributed by atoms with Crippen LogP contribution in [0.2, 0.25) is 0 Å². The zero-order chi connectivity index (χ0) is 13.2. The van der Waals surface area contributed by atoms with Crippen molar-refractivity contribution in [2.45, 2.75) is 17.9 Å². The molecule has 104 valence electrons. The Morgan fingerprint density at radius 2 is 1.72 bits per heavy atom. The van der Waals surface area contributed by atoms with E-state index in [2.05, 4.69) is 0 Å². The summed E-state index contributed by atoms with van der Waals surface area (Å²) in [6.07, 6.45) is 0. The van der Waals surface area contributed by atoms with Crippen LogP contribution in [0.5, 0.6) is 0 Å². The van der Waals surface area contributed by atoms with Gasteiger partial charge in [-0.25, -0.2) is 26.3 Å². The fourth-order valence-corrected chi connectivity index (χ4v) is 2.53. The Bertz CT molecular complexity index is 502. The first-order valence-corrected chi connectivity index (χ1v) is 6.13. The van der Waals surface area contributed by atoms with Crippen LogP contribution < -0.4 is 10.5 Å². The Balaban J connectivity index is 0.00000289. The van der Waals surface area contributed by atoms with Crippen LogP contribution in [0, 0.1) is 17.5 Å². The summed E-state index contributed by atoms with van der Waals surface area (Å²) in [5.74, 6) is -4.16. The van der Waals surface area contributed by atoms with Gasteiger partial charge < -0.3 is 5.73 Å². The van der Waals surface area contributed by atoms with Gasteiger partial charge in [0.1, 0.15) is 17.5 Å². The van der Waals surface area contributed by atoms with Crippen molar-refractivity contribution in [2.75, 3.05) is 6.54 Å². The Kier molecular flexibility index (Phi) is 6.08. The maximum atomic E-state index is 13.2. The summed E-state index contributed by atoms with van der Waals surface area (Å²) < 4.78 is 64.2. The highest BCUT2D eigenvalue weighted by molar-refractivity contribution is 7.89. The Hall–Kier alpha value is -0.830. The van der Waals surface area contributed by atoms with Crippen LogP contribution in [0.4, 0.5) is 13.2 Å². The fraction of sp³-hybridized carbons (Fsp3) is 0.333. The first-order valence-electron chi connectivity index (χ1n) is 4.65. The van der Waals surface area contributed by atoms with Crippen LogP contribution in [-0.2, 0) is 10.0 Å². The maximum absolute atomic E-state index is 13.2. The van der Waals surface area contributed by atoms with E-state index in [1.165, 1.54) is 6.92 Å². The molecule has 4 nitrogen and oxygen atoms in total. The number of hydrogen-bond acceptors (Lipinski definition) is 3. The summed E-state index contributed by atoms with van der Waals surface area (Å²) >= 11 is 0.